The number of hydrogen-bond acceptors (Lipinski definition) is 4. The van der Waals surface area contributed by atoms with Crippen molar-refractivity contribution in [1.82, 2.24) is 5.43 Å². The van der Waals surface area contributed by atoms with E-state index in [-0.39, 0.29) is 11.6 Å². The zero-order chi connectivity index (χ0) is 21.3. The van der Waals surface area contributed by atoms with Crippen LogP contribution in [0, 0.1) is 0 Å². The Morgan fingerprint density at radius 2 is 1.73 bits per heavy atom. The summed E-state index contributed by atoms with van der Waals surface area (Å²) in [5.41, 5.74) is 4.17. The molecule has 154 valence electrons. The summed E-state index contributed by atoms with van der Waals surface area (Å²) in [6.45, 7) is 0.166. The molecule has 0 unspecified atom stereocenters. The maximum absolute atomic E-state index is 11.9. The number of nitrogens with zero attached hydrogens (tertiary/aromatic N) is 1. The first-order chi connectivity index (χ1) is 14.5. The molecule has 0 fully saturated rings. The standard InChI is InChI=1S/C22H17Cl3N2O3/c23-17-9-7-15(8-10-17)13-29-18-4-1-3-16(11-18)12-26-27-21(28)14-30-20-6-2-5-19(24)22(20)25/h1-12H,13-14H2,(H,27,28)/b26-12-. The van der Waals surface area contributed by atoms with Crippen LogP contribution in [0.25, 0.3) is 0 Å². The molecule has 1 amide bonds. The Bertz CT molecular complexity index is 1040. The Labute approximate surface area is 189 Å². The first-order valence-electron chi connectivity index (χ1n) is 8.87. The van der Waals surface area contributed by atoms with E-state index in [9.17, 15) is 4.79 Å². The minimum atomic E-state index is -0.433. The van der Waals surface area contributed by atoms with Crippen molar-refractivity contribution in [2.75, 3.05) is 6.61 Å². The maximum atomic E-state index is 11.9. The molecule has 1 N–H and O–H groups in total. The van der Waals surface area contributed by atoms with E-state index in [1.165, 1.54) is 6.21 Å². The summed E-state index contributed by atoms with van der Waals surface area (Å²) in [6.07, 6.45) is 1.51. The predicted molar refractivity (Wildman–Crippen MR) is 120 cm³/mol. The molecule has 0 bridgehead atoms. The number of halogens is 3. The summed E-state index contributed by atoms with van der Waals surface area (Å²) < 4.78 is 11.1. The number of hydrazone groups is 1. The molecule has 0 aromatic heterocycles. The number of carbonyl (C=O) groups is 1. The van der Waals surface area contributed by atoms with Crippen molar-refractivity contribution < 1.29 is 14.3 Å². The summed E-state index contributed by atoms with van der Waals surface area (Å²) in [5.74, 6) is 0.574. The molecule has 0 saturated heterocycles. The van der Waals surface area contributed by atoms with Gasteiger partial charge >= 0.3 is 0 Å². The van der Waals surface area contributed by atoms with Gasteiger partial charge < -0.3 is 9.47 Å². The van der Waals surface area contributed by atoms with Gasteiger partial charge in [-0.05, 0) is 47.5 Å². The Hall–Kier alpha value is -2.73. The van der Waals surface area contributed by atoms with E-state index in [0.717, 1.165) is 11.1 Å². The fourth-order valence-electron chi connectivity index (χ4n) is 2.38. The molecule has 0 aliphatic heterocycles. The van der Waals surface area contributed by atoms with Gasteiger partial charge in [-0.25, -0.2) is 5.43 Å². The SMILES string of the molecule is O=C(COc1cccc(Cl)c1Cl)N/N=C\c1cccc(OCc2ccc(Cl)cc2)c1. The molecule has 0 spiro atoms. The lowest BCUT2D eigenvalue weighted by Gasteiger charge is -2.08. The van der Waals surface area contributed by atoms with Crippen LogP contribution in [0.1, 0.15) is 11.1 Å². The number of benzene rings is 3. The minimum Gasteiger partial charge on any atom is -0.489 e. The average molecular weight is 464 g/mol. The van der Waals surface area contributed by atoms with Crippen LogP contribution in [0.15, 0.2) is 71.8 Å². The van der Waals surface area contributed by atoms with Crippen molar-refractivity contribution in [1.29, 1.82) is 0 Å². The third-order valence-corrected chi connectivity index (χ3v) is 4.91. The van der Waals surface area contributed by atoms with Gasteiger partial charge in [-0.1, -0.05) is 65.1 Å². The quantitative estimate of drug-likeness (QED) is 0.341. The third-order valence-electron chi connectivity index (χ3n) is 3.85. The molecule has 0 heterocycles. The minimum absolute atomic E-state index is 0.248. The van der Waals surface area contributed by atoms with Crippen LogP contribution in [0.2, 0.25) is 15.1 Å². The van der Waals surface area contributed by atoms with Crippen LogP contribution in [0.5, 0.6) is 11.5 Å². The van der Waals surface area contributed by atoms with Crippen LogP contribution in [-0.2, 0) is 11.4 Å². The Balaban J connectivity index is 1.48. The lowest BCUT2D eigenvalue weighted by molar-refractivity contribution is -0.123. The van der Waals surface area contributed by atoms with Crippen molar-refractivity contribution in [3.63, 3.8) is 0 Å². The summed E-state index contributed by atoms with van der Waals surface area (Å²) in [4.78, 5) is 11.9. The van der Waals surface area contributed by atoms with Crippen LogP contribution < -0.4 is 14.9 Å². The largest absolute Gasteiger partial charge is 0.489 e. The van der Waals surface area contributed by atoms with E-state index >= 15 is 0 Å². The van der Waals surface area contributed by atoms with Gasteiger partial charge in [-0.2, -0.15) is 5.10 Å². The molecule has 5 nitrogen and oxygen atoms in total. The van der Waals surface area contributed by atoms with Gasteiger partial charge in [0.05, 0.1) is 11.2 Å². The van der Waals surface area contributed by atoms with Gasteiger partial charge in [0.15, 0.2) is 6.61 Å². The molecule has 0 aliphatic rings. The Morgan fingerprint density at radius 3 is 2.53 bits per heavy atom. The zero-order valence-electron chi connectivity index (χ0n) is 15.6. The van der Waals surface area contributed by atoms with Gasteiger partial charge in [0, 0.05) is 5.02 Å². The van der Waals surface area contributed by atoms with E-state index in [0.29, 0.717) is 28.2 Å². The number of amides is 1. The number of carbonyl (C=O) groups excluding carboxylic acids is 1. The van der Waals surface area contributed by atoms with Crippen molar-refractivity contribution >= 4 is 46.9 Å². The van der Waals surface area contributed by atoms with Gasteiger partial charge in [-0.3, -0.25) is 4.79 Å². The highest BCUT2D eigenvalue weighted by Crippen LogP contribution is 2.31. The van der Waals surface area contributed by atoms with Crippen LogP contribution >= 0.6 is 34.8 Å². The lowest BCUT2D eigenvalue weighted by atomic mass is 10.2. The Morgan fingerprint density at radius 1 is 0.967 bits per heavy atom. The van der Waals surface area contributed by atoms with E-state index < -0.39 is 5.91 Å². The zero-order valence-corrected chi connectivity index (χ0v) is 17.9. The van der Waals surface area contributed by atoms with Crippen molar-refractivity contribution in [2.45, 2.75) is 6.61 Å². The second-order valence-corrected chi connectivity index (χ2v) is 7.34. The van der Waals surface area contributed by atoms with Crippen molar-refractivity contribution in [2.24, 2.45) is 5.10 Å². The highest BCUT2D eigenvalue weighted by atomic mass is 35.5. The number of hydrogen-bond donors (Lipinski definition) is 1. The molecule has 0 aliphatic carbocycles. The topological polar surface area (TPSA) is 59.9 Å². The van der Waals surface area contributed by atoms with Crippen LogP contribution in [-0.4, -0.2) is 18.7 Å². The number of rotatable bonds is 8. The fourth-order valence-corrected chi connectivity index (χ4v) is 2.85. The molecule has 3 aromatic rings. The summed E-state index contributed by atoms with van der Waals surface area (Å²) >= 11 is 17.8. The highest BCUT2D eigenvalue weighted by molar-refractivity contribution is 6.42. The second kappa shape index (κ2) is 10.9. The third kappa shape index (κ3) is 6.66. The van der Waals surface area contributed by atoms with E-state index in [4.69, 9.17) is 44.3 Å². The van der Waals surface area contributed by atoms with Crippen molar-refractivity contribution in [3.05, 3.63) is 92.9 Å². The molecular weight excluding hydrogens is 447 g/mol. The van der Waals surface area contributed by atoms with Gasteiger partial charge in [0.25, 0.3) is 5.91 Å². The van der Waals surface area contributed by atoms with Gasteiger partial charge in [0.2, 0.25) is 0 Å². The smallest absolute Gasteiger partial charge is 0.277 e. The van der Waals surface area contributed by atoms with E-state index in [1.54, 1.807) is 18.2 Å². The van der Waals surface area contributed by atoms with Crippen molar-refractivity contribution in [3.8, 4) is 11.5 Å². The molecule has 8 heteroatoms. The maximum Gasteiger partial charge on any atom is 0.277 e. The number of nitrogens with one attached hydrogen (secondary N) is 1. The Kier molecular flexibility index (Phi) is 7.97. The van der Waals surface area contributed by atoms with E-state index in [1.807, 2.05) is 48.5 Å². The number of ether oxygens (including phenoxy) is 2. The molecule has 3 rings (SSSR count). The average Bonchev–Trinajstić information content (AvgIpc) is 2.75. The second-order valence-electron chi connectivity index (χ2n) is 6.12. The fraction of sp³-hybridized carbons (Fsp3) is 0.0909. The predicted octanol–water partition coefficient (Wildman–Crippen LogP) is 5.75. The summed E-state index contributed by atoms with van der Waals surface area (Å²) in [5, 5.41) is 5.22. The molecule has 30 heavy (non-hydrogen) atoms. The normalized spacial score (nSPS) is 10.8. The first kappa shape index (κ1) is 22.0. The van der Waals surface area contributed by atoms with E-state index in [2.05, 4.69) is 10.5 Å². The summed E-state index contributed by atoms with van der Waals surface area (Å²) in [7, 11) is 0. The molecule has 0 atom stereocenters. The first-order valence-corrected chi connectivity index (χ1v) is 10.0. The molecule has 3 aromatic carbocycles. The molecule has 0 radical (unpaired) electrons. The molecule has 0 saturated carbocycles. The lowest BCUT2D eigenvalue weighted by Crippen LogP contribution is -2.24. The van der Waals surface area contributed by atoms with Gasteiger partial charge in [-0.15, -0.1) is 0 Å². The highest BCUT2D eigenvalue weighted by Gasteiger charge is 2.07. The molecular formula is C22H17Cl3N2O3. The van der Waals surface area contributed by atoms with Crippen LogP contribution in [0.4, 0.5) is 0 Å². The van der Waals surface area contributed by atoms with Gasteiger partial charge in [0.1, 0.15) is 23.1 Å². The summed E-state index contributed by atoms with van der Waals surface area (Å²) in [6, 6.07) is 19.7. The monoisotopic (exact) mass is 462 g/mol. The van der Waals surface area contributed by atoms with Crippen LogP contribution in [0.3, 0.4) is 0 Å².